The minimum absolute atomic E-state index is 0.565. The predicted molar refractivity (Wildman–Crippen MR) is 83.0 cm³/mol. The summed E-state index contributed by atoms with van der Waals surface area (Å²) < 4.78 is 1.13. The first-order valence-corrected chi connectivity index (χ1v) is 13.6. The van der Waals surface area contributed by atoms with Gasteiger partial charge in [0.15, 0.2) is 0 Å². The summed E-state index contributed by atoms with van der Waals surface area (Å²) in [7, 11) is 0. The van der Waals surface area contributed by atoms with Crippen LogP contribution in [-0.4, -0.2) is 13.3 Å². The van der Waals surface area contributed by atoms with E-state index in [4.69, 9.17) is 0 Å². The minimum atomic E-state index is -1.80. The molecule has 2 unspecified atom stereocenters. The van der Waals surface area contributed by atoms with E-state index in [0.29, 0.717) is 8.49 Å². The van der Waals surface area contributed by atoms with E-state index in [1.54, 1.807) is 11.1 Å². The van der Waals surface area contributed by atoms with Gasteiger partial charge in [-0.3, -0.25) is 0 Å². The van der Waals surface area contributed by atoms with E-state index in [2.05, 4.69) is 72.2 Å². The van der Waals surface area contributed by atoms with E-state index in [0.717, 1.165) is 0 Å². The zero-order valence-electron chi connectivity index (χ0n) is 11.7. The molecule has 0 spiro atoms. The van der Waals surface area contributed by atoms with Gasteiger partial charge in [0.05, 0.1) is 0 Å². The van der Waals surface area contributed by atoms with Crippen LogP contribution in [0.4, 0.5) is 0 Å². The molecule has 96 valence electrons. The van der Waals surface area contributed by atoms with E-state index in [1.807, 2.05) is 0 Å². The van der Waals surface area contributed by atoms with Crippen LogP contribution in [0.1, 0.15) is 24.0 Å². The van der Waals surface area contributed by atoms with Crippen molar-refractivity contribution in [2.24, 2.45) is 0 Å². The molecule has 2 fully saturated rings. The summed E-state index contributed by atoms with van der Waals surface area (Å²) in [5.41, 5.74) is 3.24. The van der Waals surface area contributed by atoms with Crippen molar-refractivity contribution < 1.29 is 0 Å². The average Bonchev–Trinajstić information content (AvgIpc) is 2.71. The first kappa shape index (κ1) is 11.8. The third kappa shape index (κ3) is 1.10. The summed E-state index contributed by atoms with van der Waals surface area (Å²) >= 11 is -1.80. The van der Waals surface area contributed by atoms with Crippen molar-refractivity contribution in [3.63, 3.8) is 0 Å². The number of rotatable bonds is 2. The molecule has 1 saturated carbocycles. The molecule has 1 heteroatoms. The Labute approximate surface area is 118 Å². The van der Waals surface area contributed by atoms with Crippen LogP contribution in [0.3, 0.4) is 0 Å². The van der Waals surface area contributed by atoms with E-state index >= 15 is 0 Å². The Kier molecular flexibility index (Phi) is 2.20. The molecule has 0 N–H and O–H groups in total. The normalized spacial score (nSPS) is 34.2. The zero-order valence-corrected chi connectivity index (χ0v) is 13.8. The fourth-order valence-corrected chi connectivity index (χ4v) is 20.4. The molecule has 1 saturated heterocycles. The van der Waals surface area contributed by atoms with Gasteiger partial charge in [-0.05, 0) is 0 Å². The SMILES string of the molecule is [CH3][Ge]1([CH3])[C]2(c3ccccc3)CC[C]21c1ccccc1. The predicted octanol–water partition coefficient (Wildman–Crippen LogP) is 4.46. The van der Waals surface area contributed by atoms with Crippen LogP contribution >= 0.6 is 0 Å². The Morgan fingerprint density at radius 3 is 1.37 bits per heavy atom. The third-order valence-corrected chi connectivity index (χ3v) is 18.7. The number of benzene rings is 2. The summed E-state index contributed by atoms with van der Waals surface area (Å²) in [4.78, 5) is 0. The van der Waals surface area contributed by atoms with Crippen molar-refractivity contribution in [1.29, 1.82) is 0 Å². The van der Waals surface area contributed by atoms with Crippen molar-refractivity contribution in [3.05, 3.63) is 71.8 Å². The van der Waals surface area contributed by atoms with Crippen molar-refractivity contribution in [2.45, 2.75) is 32.8 Å². The van der Waals surface area contributed by atoms with Crippen molar-refractivity contribution in [1.82, 2.24) is 0 Å². The first-order chi connectivity index (χ1) is 9.17. The summed E-state index contributed by atoms with van der Waals surface area (Å²) in [6.07, 6.45) is 2.83. The van der Waals surface area contributed by atoms with Crippen LogP contribution in [0, 0.1) is 0 Å². The van der Waals surface area contributed by atoms with Gasteiger partial charge in [0, 0.05) is 0 Å². The van der Waals surface area contributed by atoms with Gasteiger partial charge in [0.25, 0.3) is 0 Å². The van der Waals surface area contributed by atoms with Gasteiger partial charge in [0.1, 0.15) is 0 Å². The van der Waals surface area contributed by atoms with E-state index < -0.39 is 13.3 Å². The van der Waals surface area contributed by atoms with Crippen molar-refractivity contribution in [2.75, 3.05) is 0 Å². The molecule has 0 nitrogen and oxygen atoms in total. The van der Waals surface area contributed by atoms with E-state index in [-0.39, 0.29) is 0 Å². The molecular weight excluding hydrogens is 289 g/mol. The van der Waals surface area contributed by atoms with Gasteiger partial charge in [-0.25, -0.2) is 0 Å². The second-order valence-electron chi connectivity index (χ2n) is 6.67. The Morgan fingerprint density at radius 1 is 0.684 bits per heavy atom. The van der Waals surface area contributed by atoms with Gasteiger partial charge < -0.3 is 0 Å². The summed E-state index contributed by atoms with van der Waals surface area (Å²) in [6.45, 7) is 0. The second-order valence-corrected chi connectivity index (χ2v) is 17.1. The fraction of sp³-hybridized carbons (Fsp3) is 0.333. The maximum absolute atomic E-state index is 2.65. The molecule has 19 heavy (non-hydrogen) atoms. The monoisotopic (exact) mass is 310 g/mol. The van der Waals surface area contributed by atoms with Gasteiger partial charge in [-0.15, -0.1) is 0 Å². The molecule has 1 heterocycles. The van der Waals surface area contributed by atoms with E-state index in [1.165, 1.54) is 12.8 Å². The molecule has 2 aromatic rings. The zero-order chi connectivity index (χ0) is 13.1. The average molecular weight is 309 g/mol. The molecule has 0 aromatic heterocycles. The summed E-state index contributed by atoms with van der Waals surface area (Å²) in [6, 6.07) is 22.6. The standard InChI is InChI=1S/C18H20Ge/c1-19(2)17(15-9-5-3-6-10-15)13-14-18(17,19)16-11-7-4-8-12-16/h3-12H,13-14H2,1-2H3. The Hall–Kier alpha value is -1.02. The van der Waals surface area contributed by atoms with Crippen LogP contribution in [-0.2, 0) is 8.49 Å². The second kappa shape index (κ2) is 3.54. The molecule has 2 aliphatic rings. The van der Waals surface area contributed by atoms with E-state index in [9.17, 15) is 0 Å². The summed E-state index contributed by atoms with van der Waals surface area (Å²) in [5, 5.41) is 0. The topological polar surface area (TPSA) is 0 Å². The molecule has 4 rings (SSSR count). The summed E-state index contributed by atoms with van der Waals surface area (Å²) in [5.74, 6) is 5.29. The van der Waals surface area contributed by atoms with Crippen molar-refractivity contribution in [3.8, 4) is 0 Å². The van der Waals surface area contributed by atoms with Crippen molar-refractivity contribution >= 4 is 13.3 Å². The fourth-order valence-electron chi connectivity index (χ4n) is 5.26. The first-order valence-electron chi connectivity index (χ1n) is 7.28. The van der Waals surface area contributed by atoms with Gasteiger partial charge in [0.2, 0.25) is 0 Å². The van der Waals surface area contributed by atoms with Gasteiger partial charge in [-0.1, -0.05) is 0 Å². The molecule has 1 aliphatic heterocycles. The Bertz CT molecular complexity index is 561. The molecule has 2 atom stereocenters. The van der Waals surface area contributed by atoms with Crippen LogP contribution < -0.4 is 0 Å². The molecule has 0 amide bonds. The quantitative estimate of drug-likeness (QED) is 0.719. The third-order valence-electron chi connectivity index (χ3n) is 6.21. The van der Waals surface area contributed by atoms with Gasteiger partial charge >= 0.3 is 118 Å². The van der Waals surface area contributed by atoms with Gasteiger partial charge in [-0.2, -0.15) is 0 Å². The molecule has 2 aromatic carbocycles. The Morgan fingerprint density at radius 2 is 1.05 bits per heavy atom. The molecule has 0 bridgehead atoms. The molecular formula is C18H20Ge. The Balaban J connectivity index is 1.89. The maximum atomic E-state index is 2.65. The molecule has 0 radical (unpaired) electrons. The van der Waals surface area contributed by atoms with Crippen LogP contribution in [0.2, 0.25) is 11.5 Å². The van der Waals surface area contributed by atoms with Crippen LogP contribution in [0.25, 0.3) is 0 Å². The molecule has 1 aliphatic carbocycles. The van der Waals surface area contributed by atoms with Crippen LogP contribution in [0.15, 0.2) is 60.7 Å². The number of hydrogen-bond donors (Lipinski definition) is 0. The number of fused-ring (bicyclic) bond motifs is 1. The number of hydrogen-bond acceptors (Lipinski definition) is 0. The van der Waals surface area contributed by atoms with Crippen LogP contribution in [0.5, 0.6) is 0 Å².